The molecule has 0 fully saturated rings. The maximum atomic E-state index is 12.4. The van der Waals surface area contributed by atoms with Crippen LogP contribution in [0.2, 0.25) is 0 Å². The Morgan fingerprint density at radius 2 is 2.23 bits per heavy atom. The summed E-state index contributed by atoms with van der Waals surface area (Å²) in [6.07, 6.45) is 0.385. The van der Waals surface area contributed by atoms with E-state index in [1.54, 1.807) is 16.2 Å². The van der Waals surface area contributed by atoms with Crippen LogP contribution in [0.4, 0.5) is 5.69 Å². The van der Waals surface area contributed by atoms with E-state index in [1.807, 2.05) is 43.5 Å². The topological polar surface area (TPSA) is 49.4 Å². The number of nitrogens with one attached hydrogen (secondary N) is 1. The lowest BCUT2D eigenvalue weighted by Gasteiger charge is -2.29. The van der Waals surface area contributed by atoms with Crippen molar-refractivity contribution in [3.05, 3.63) is 51.7 Å². The van der Waals surface area contributed by atoms with Crippen LogP contribution in [0.15, 0.2) is 35.7 Å². The van der Waals surface area contributed by atoms with E-state index in [0.29, 0.717) is 6.42 Å². The van der Waals surface area contributed by atoms with Crippen molar-refractivity contribution < 1.29 is 9.59 Å². The molecule has 1 aromatic heterocycles. The Hall–Kier alpha value is -2.14. The van der Waals surface area contributed by atoms with Gasteiger partial charge in [-0.15, -0.1) is 11.3 Å². The summed E-state index contributed by atoms with van der Waals surface area (Å²) in [6.45, 7) is 3.93. The molecular weight excluding hydrogens is 296 g/mol. The van der Waals surface area contributed by atoms with Crippen molar-refractivity contribution >= 4 is 28.8 Å². The van der Waals surface area contributed by atoms with Gasteiger partial charge >= 0.3 is 0 Å². The average Bonchev–Trinajstić information content (AvgIpc) is 2.97. The summed E-state index contributed by atoms with van der Waals surface area (Å²) in [4.78, 5) is 27.4. The van der Waals surface area contributed by atoms with Gasteiger partial charge in [0.25, 0.3) is 0 Å². The van der Waals surface area contributed by atoms with Gasteiger partial charge in [0.15, 0.2) is 0 Å². The van der Waals surface area contributed by atoms with Gasteiger partial charge in [-0.05, 0) is 24.4 Å². The summed E-state index contributed by atoms with van der Waals surface area (Å²) in [6, 6.07) is 9.74. The first kappa shape index (κ1) is 14.8. The van der Waals surface area contributed by atoms with Gasteiger partial charge in [0.05, 0.1) is 6.04 Å². The lowest BCUT2D eigenvalue weighted by molar-refractivity contribution is -0.135. The lowest BCUT2D eigenvalue weighted by Crippen LogP contribution is -2.38. The molecule has 1 atom stereocenters. The molecule has 0 spiro atoms. The minimum absolute atomic E-state index is 0.0112. The van der Waals surface area contributed by atoms with E-state index in [0.717, 1.165) is 21.7 Å². The molecule has 3 rings (SSSR count). The van der Waals surface area contributed by atoms with Gasteiger partial charge in [-0.25, -0.2) is 0 Å². The van der Waals surface area contributed by atoms with Crippen LogP contribution in [0, 0.1) is 6.92 Å². The van der Waals surface area contributed by atoms with Gasteiger partial charge in [0, 0.05) is 22.5 Å². The highest BCUT2D eigenvalue weighted by Crippen LogP contribution is 2.38. The minimum Gasteiger partial charge on any atom is -0.324 e. The average molecular weight is 314 g/mol. The summed E-state index contributed by atoms with van der Waals surface area (Å²) in [5, 5.41) is 4.92. The number of aryl methyl sites for hydroxylation is 1. The first-order valence-corrected chi connectivity index (χ1v) is 8.21. The van der Waals surface area contributed by atoms with E-state index in [4.69, 9.17) is 0 Å². The predicted octanol–water partition coefficient (Wildman–Crippen LogP) is 3.34. The molecule has 4 nitrogen and oxygen atoms in total. The minimum atomic E-state index is -0.207. The number of thiophene rings is 1. The second-order valence-electron chi connectivity index (χ2n) is 5.43. The van der Waals surface area contributed by atoms with Crippen LogP contribution in [0.3, 0.4) is 0 Å². The second-order valence-corrected chi connectivity index (χ2v) is 6.41. The van der Waals surface area contributed by atoms with Crippen LogP contribution in [0.25, 0.3) is 0 Å². The second kappa shape index (κ2) is 5.93. The van der Waals surface area contributed by atoms with Gasteiger partial charge in [0.1, 0.15) is 6.54 Å². The molecule has 114 valence electrons. The number of fused-ring (bicyclic) bond motifs is 1. The predicted molar refractivity (Wildman–Crippen MR) is 88.0 cm³/mol. The van der Waals surface area contributed by atoms with E-state index in [9.17, 15) is 9.59 Å². The molecule has 2 amide bonds. The summed E-state index contributed by atoms with van der Waals surface area (Å²) >= 11 is 1.61. The molecular formula is C17H18N2O2S. The molecule has 2 aromatic rings. The third-order valence-corrected chi connectivity index (χ3v) is 4.76. The van der Waals surface area contributed by atoms with E-state index >= 15 is 0 Å². The first-order valence-electron chi connectivity index (χ1n) is 7.33. The fourth-order valence-electron chi connectivity index (χ4n) is 2.81. The Bertz CT molecular complexity index is 709. The maximum absolute atomic E-state index is 12.4. The van der Waals surface area contributed by atoms with Gasteiger partial charge < -0.3 is 10.2 Å². The number of amides is 2. The summed E-state index contributed by atoms with van der Waals surface area (Å²) < 4.78 is 0. The molecule has 0 bridgehead atoms. The molecule has 0 radical (unpaired) electrons. The summed E-state index contributed by atoms with van der Waals surface area (Å²) in [5.74, 6) is -0.158. The van der Waals surface area contributed by atoms with Crippen molar-refractivity contribution in [2.75, 3.05) is 11.9 Å². The zero-order valence-corrected chi connectivity index (χ0v) is 13.4. The number of carbonyl (C=O) groups is 2. The lowest BCUT2D eigenvalue weighted by atomic mass is 9.99. The quantitative estimate of drug-likeness (QED) is 0.924. The SMILES string of the molecule is CCC(=O)N1CC(=O)Nc2ccc(C)cc2C1c1cccs1. The largest absolute Gasteiger partial charge is 0.324 e. The number of rotatable bonds is 2. The maximum Gasteiger partial charge on any atom is 0.244 e. The van der Waals surface area contributed by atoms with Crippen LogP contribution in [-0.2, 0) is 9.59 Å². The van der Waals surface area contributed by atoms with Crippen LogP contribution in [0.5, 0.6) is 0 Å². The highest BCUT2D eigenvalue weighted by atomic mass is 32.1. The Kier molecular flexibility index (Phi) is 3.98. The number of benzene rings is 1. The third kappa shape index (κ3) is 2.64. The van der Waals surface area contributed by atoms with Gasteiger partial charge in [-0.3, -0.25) is 9.59 Å². The zero-order chi connectivity index (χ0) is 15.7. The molecule has 2 heterocycles. The molecule has 1 unspecified atom stereocenters. The van der Waals surface area contributed by atoms with Gasteiger partial charge in [-0.1, -0.05) is 30.7 Å². The van der Waals surface area contributed by atoms with Crippen LogP contribution in [0.1, 0.15) is 35.4 Å². The number of hydrogen-bond donors (Lipinski definition) is 1. The highest BCUT2D eigenvalue weighted by Gasteiger charge is 2.33. The first-order chi connectivity index (χ1) is 10.6. The van der Waals surface area contributed by atoms with Crippen LogP contribution >= 0.6 is 11.3 Å². The van der Waals surface area contributed by atoms with E-state index in [-0.39, 0.29) is 24.4 Å². The van der Waals surface area contributed by atoms with Crippen molar-refractivity contribution in [1.82, 2.24) is 4.90 Å². The van der Waals surface area contributed by atoms with Crippen molar-refractivity contribution in [2.24, 2.45) is 0 Å². The Morgan fingerprint density at radius 3 is 2.91 bits per heavy atom. The molecule has 0 saturated carbocycles. The molecule has 1 aliphatic rings. The molecule has 0 aliphatic carbocycles. The van der Waals surface area contributed by atoms with Crippen molar-refractivity contribution in [3.63, 3.8) is 0 Å². The van der Waals surface area contributed by atoms with E-state index in [1.165, 1.54) is 0 Å². The van der Waals surface area contributed by atoms with Crippen LogP contribution in [-0.4, -0.2) is 23.3 Å². The highest BCUT2D eigenvalue weighted by molar-refractivity contribution is 7.10. The normalized spacial score (nSPS) is 17.6. The Morgan fingerprint density at radius 1 is 1.41 bits per heavy atom. The molecule has 1 aliphatic heterocycles. The monoisotopic (exact) mass is 314 g/mol. The molecule has 1 N–H and O–H groups in total. The molecule has 22 heavy (non-hydrogen) atoms. The summed E-state index contributed by atoms with van der Waals surface area (Å²) in [7, 11) is 0. The fraction of sp³-hybridized carbons (Fsp3) is 0.294. The Labute approximate surface area is 133 Å². The molecule has 0 saturated heterocycles. The van der Waals surface area contributed by atoms with Crippen molar-refractivity contribution in [3.8, 4) is 0 Å². The standard InChI is InChI=1S/C17H18N2O2S/c1-3-16(21)19-10-15(20)18-13-7-6-11(2)9-12(13)17(19)14-5-4-8-22-14/h4-9,17H,3,10H2,1-2H3,(H,18,20). The smallest absolute Gasteiger partial charge is 0.244 e. The van der Waals surface area contributed by atoms with E-state index < -0.39 is 0 Å². The zero-order valence-electron chi connectivity index (χ0n) is 12.6. The Balaban J connectivity index is 2.19. The molecule has 1 aromatic carbocycles. The fourth-order valence-corrected chi connectivity index (χ4v) is 3.67. The number of anilines is 1. The molecule has 5 heteroatoms. The van der Waals surface area contributed by atoms with Gasteiger partial charge in [-0.2, -0.15) is 0 Å². The van der Waals surface area contributed by atoms with Gasteiger partial charge in [0.2, 0.25) is 11.8 Å². The van der Waals surface area contributed by atoms with Crippen molar-refractivity contribution in [2.45, 2.75) is 26.3 Å². The number of hydrogen-bond acceptors (Lipinski definition) is 3. The number of carbonyl (C=O) groups excluding carboxylic acids is 2. The summed E-state index contributed by atoms with van der Waals surface area (Å²) in [5.41, 5.74) is 2.89. The van der Waals surface area contributed by atoms with Crippen molar-refractivity contribution in [1.29, 1.82) is 0 Å². The number of nitrogens with zero attached hydrogens (tertiary/aromatic N) is 1. The van der Waals surface area contributed by atoms with Crippen LogP contribution < -0.4 is 5.32 Å². The third-order valence-electron chi connectivity index (χ3n) is 3.84. The van der Waals surface area contributed by atoms with E-state index in [2.05, 4.69) is 11.4 Å².